The van der Waals surface area contributed by atoms with Gasteiger partial charge >= 0.3 is 0 Å². The summed E-state index contributed by atoms with van der Waals surface area (Å²) in [4.78, 5) is 19.6. The first kappa shape index (κ1) is 15.5. The molecule has 0 spiro atoms. The van der Waals surface area contributed by atoms with E-state index < -0.39 is 18.0 Å². The van der Waals surface area contributed by atoms with Crippen LogP contribution in [0.4, 0.5) is 14.5 Å². The number of benzene rings is 1. The Hall–Kier alpha value is -1.89. The van der Waals surface area contributed by atoms with Crippen LogP contribution in [0.2, 0.25) is 0 Å². The molecule has 0 bridgehead atoms. The summed E-state index contributed by atoms with van der Waals surface area (Å²) >= 11 is 3.33. The highest BCUT2D eigenvalue weighted by molar-refractivity contribution is 9.10. The zero-order chi connectivity index (χ0) is 15.6. The molecule has 2 rings (SSSR count). The first-order valence-corrected chi connectivity index (χ1v) is 6.87. The lowest BCUT2D eigenvalue weighted by Gasteiger charge is -2.09. The van der Waals surface area contributed by atoms with Crippen molar-refractivity contribution in [1.29, 1.82) is 0 Å². The predicted octanol–water partition coefficient (Wildman–Crippen LogP) is 4.05. The lowest BCUT2D eigenvalue weighted by molar-refractivity contribution is 0.102. The van der Waals surface area contributed by atoms with Gasteiger partial charge in [-0.15, -0.1) is 0 Å². The maximum Gasteiger partial charge on any atom is 0.280 e. The largest absolute Gasteiger partial charge is 0.320 e. The van der Waals surface area contributed by atoms with Crippen LogP contribution in [0.5, 0.6) is 0 Å². The molecule has 0 saturated carbocycles. The summed E-state index contributed by atoms with van der Waals surface area (Å²) in [6, 6.07) is 6.34. The summed E-state index contributed by atoms with van der Waals surface area (Å²) in [7, 11) is 0. The summed E-state index contributed by atoms with van der Waals surface area (Å²) < 4.78 is 26.3. The Bertz CT molecular complexity index is 692. The van der Waals surface area contributed by atoms with Crippen LogP contribution in [0, 0.1) is 13.8 Å². The number of carbonyl (C=O) groups excluding carboxylic acids is 1. The third-order valence-corrected chi connectivity index (χ3v) is 3.24. The molecule has 1 aromatic heterocycles. The second kappa shape index (κ2) is 6.26. The lowest BCUT2D eigenvalue weighted by atomic mass is 10.2. The number of halogens is 3. The van der Waals surface area contributed by atoms with Crippen LogP contribution in [0.15, 0.2) is 28.7 Å². The number of aromatic nitrogens is 2. The number of nitrogens with one attached hydrogen (secondary N) is 1. The highest BCUT2D eigenvalue weighted by atomic mass is 79.9. The molecule has 0 atom stereocenters. The average molecular weight is 356 g/mol. The van der Waals surface area contributed by atoms with Gasteiger partial charge in [-0.25, -0.2) is 18.7 Å². The molecule has 0 fully saturated rings. The van der Waals surface area contributed by atoms with Crippen molar-refractivity contribution in [3.8, 4) is 0 Å². The van der Waals surface area contributed by atoms with Crippen LogP contribution < -0.4 is 5.32 Å². The number of nitrogens with zero attached hydrogens (tertiary/aromatic N) is 2. The third-order valence-electron chi connectivity index (χ3n) is 2.75. The van der Waals surface area contributed by atoms with Gasteiger partial charge in [0.25, 0.3) is 12.3 Å². The van der Waals surface area contributed by atoms with Gasteiger partial charge in [0.05, 0.1) is 0 Å². The van der Waals surface area contributed by atoms with Gasteiger partial charge < -0.3 is 5.32 Å². The van der Waals surface area contributed by atoms with Gasteiger partial charge in [0.1, 0.15) is 17.2 Å². The summed E-state index contributed by atoms with van der Waals surface area (Å²) in [5.74, 6) is -0.418. The summed E-state index contributed by atoms with van der Waals surface area (Å²) in [5.41, 5.74) is 0.899. The van der Waals surface area contributed by atoms with E-state index in [4.69, 9.17) is 0 Å². The van der Waals surface area contributed by atoms with Gasteiger partial charge in [-0.2, -0.15) is 0 Å². The first-order valence-electron chi connectivity index (χ1n) is 6.08. The molecular formula is C14H12BrF2N3O. The number of amides is 1. The quantitative estimate of drug-likeness (QED) is 0.903. The van der Waals surface area contributed by atoms with Crippen LogP contribution in [0.3, 0.4) is 0 Å². The fraction of sp³-hybridized carbons (Fsp3) is 0.214. The topological polar surface area (TPSA) is 54.9 Å². The fourth-order valence-electron chi connectivity index (χ4n) is 1.77. The molecular weight excluding hydrogens is 344 g/mol. The van der Waals surface area contributed by atoms with Crippen molar-refractivity contribution in [1.82, 2.24) is 9.97 Å². The molecule has 0 aliphatic rings. The standard InChI is InChI=1S/C14H12BrF2N3O/c1-7-5-9(15)3-4-10(7)20-14(21)12-6-11(13(16)17)18-8(2)19-12/h3-6,13H,1-2H3,(H,20,21). The number of anilines is 1. The normalized spacial score (nSPS) is 10.8. The molecule has 110 valence electrons. The summed E-state index contributed by atoms with van der Waals surface area (Å²) in [6.07, 6.45) is -2.74. The van der Waals surface area contributed by atoms with Crippen molar-refractivity contribution in [3.05, 3.63) is 51.5 Å². The highest BCUT2D eigenvalue weighted by Gasteiger charge is 2.16. The van der Waals surface area contributed by atoms with Crippen molar-refractivity contribution in [2.45, 2.75) is 20.3 Å². The Balaban J connectivity index is 2.28. The maximum absolute atomic E-state index is 12.7. The number of aryl methyl sites for hydroxylation is 2. The van der Waals surface area contributed by atoms with E-state index in [-0.39, 0.29) is 11.5 Å². The summed E-state index contributed by atoms with van der Waals surface area (Å²) in [6.45, 7) is 3.30. The number of alkyl halides is 2. The minimum Gasteiger partial charge on any atom is -0.320 e. The number of hydrogen-bond donors (Lipinski definition) is 1. The van der Waals surface area contributed by atoms with Crippen LogP contribution in [0.25, 0.3) is 0 Å². The SMILES string of the molecule is Cc1nc(C(=O)Nc2ccc(Br)cc2C)cc(C(F)F)n1. The van der Waals surface area contributed by atoms with Crippen molar-refractivity contribution < 1.29 is 13.6 Å². The molecule has 0 radical (unpaired) electrons. The Labute approximate surface area is 128 Å². The molecule has 0 unspecified atom stereocenters. The third kappa shape index (κ3) is 3.81. The van der Waals surface area contributed by atoms with Gasteiger partial charge in [0.15, 0.2) is 0 Å². The molecule has 7 heteroatoms. The van der Waals surface area contributed by atoms with E-state index in [1.165, 1.54) is 6.92 Å². The molecule has 0 aliphatic carbocycles. The van der Waals surface area contributed by atoms with Gasteiger partial charge in [-0.1, -0.05) is 15.9 Å². The summed E-state index contributed by atoms with van der Waals surface area (Å²) in [5, 5.41) is 2.65. The van der Waals surface area contributed by atoms with Gasteiger partial charge in [-0.05, 0) is 43.7 Å². The Morgan fingerprint density at radius 2 is 1.95 bits per heavy atom. The van der Waals surface area contributed by atoms with E-state index >= 15 is 0 Å². The van der Waals surface area contributed by atoms with Crippen LogP contribution >= 0.6 is 15.9 Å². The van der Waals surface area contributed by atoms with E-state index in [1.807, 2.05) is 13.0 Å². The minimum absolute atomic E-state index is 0.0832. The van der Waals surface area contributed by atoms with Crippen LogP contribution in [0.1, 0.15) is 34.0 Å². The number of rotatable bonds is 3. The zero-order valence-corrected chi connectivity index (χ0v) is 12.9. The maximum atomic E-state index is 12.7. The van der Waals surface area contributed by atoms with Gasteiger partial charge in [0, 0.05) is 10.2 Å². The second-order valence-corrected chi connectivity index (χ2v) is 5.36. The van der Waals surface area contributed by atoms with E-state index in [2.05, 4.69) is 31.2 Å². The van der Waals surface area contributed by atoms with Crippen LogP contribution in [-0.4, -0.2) is 15.9 Å². The van der Waals surface area contributed by atoms with E-state index in [1.54, 1.807) is 12.1 Å². The first-order chi connectivity index (χ1) is 9.86. The molecule has 0 saturated heterocycles. The molecule has 2 aromatic rings. The number of carbonyl (C=O) groups is 1. The van der Waals surface area contributed by atoms with Crippen molar-refractivity contribution >= 4 is 27.5 Å². The van der Waals surface area contributed by atoms with Crippen molar-refractivity contribution in [2.75, 3.05) is 5.32 Å². The Kier molecular flexibility index (Phi) is 4.62. The minimum atomic E-state index is -2.74. The average Bonchev–Trinajstić information content (AvgIpc) is 2.41. The van der Waals surface area contributed by atoms with Crippen molar-refractivity contribution in [2.24, 2.45) is 0 Å². The predicted molar refractivity (Wildman–Crippen MR) is 78.6 cm³/mol. The van der Waals surface area contributed by atoms with Crippen molar-refractivity contribution in [3.63, 3.8) is 0 Å². The Morgan fingerprint density at radius 3 is 2.57 bits per heavy atom. The molecule has 1 aromatic carbocycles. The molecule has 1 N–H and O–H groups in total. The lowest BCUT2D eigenvalue weighted by Crippen LogP contribution is -2.16. The van der Waals surface area contributed by atoms with Gasteiger partial charge in [0.2, 0.25) is 0 Å². The zero-order valence-electron chi connectivity index (χ0n) is 11.3. The van der Waals surface area contributed by atoms with Gasteiger partial charge in [-0.3, -0.25) is 4.79 Å². The Morgan fingerprint density at radius 1 is 1.24 bits per heavy atom. The van der Waals surface area contributed by atoms with E-state index in [0.717, 1.165) is 16.1 Å². The smallest absolute Gasteiger partial charge is 0.280 e. The molecule has 0 aliphatic heterocycles. The molecule has 4 nitrogen and oxygen atoms in total. The molecule has 1 heterocycles. The monoisotopic (exact) mass is 355 g/mol. The second-order valence-electron chi connectivity index (χ2n) is 4.44. The van der Waals surface area contributed by atoms with E-state index in [0.29, 0.717) is 5.69 Å². The number of hydrogen-bond acceptors (Lipinski definition) is 3. The highest BCUT2D eigenvalue weighted by Crippen LogP contribution is 2.21. The molecule has 1 amide bonds. The fourth-order valence-corrected chi connectivity index (χ4v) is 2.25. The van der Waals surface area contributed by atoms with Crippen LogP contribution in [-0.2, 0) is 0 Å². The molecule has 21 heavy (non-hydrogen) atoms. The van der Waals surface area contributed by atoms with E-state index in [9.17, 15) is 13.6 Å².